The van der Waals surface area contributed by atoms with Gasteiger partial charge in [0.15, 0.2) is 5.96 Å². The van der Waals surface area contributed by atoms with E-state index in [2.05, 4.69) is 20.4 Å². The first-order valence-corrected chi connectivity index (χ1v) is 9.43. The normalized spacial score (nSPS) is 15.2. The first kappa shape index (κ1) is 25.4. The number of aliphatic imine (C=N–C) groups is 1. The summed E-state index contributed by atoms with van der Waals surface area (Å²) in [4.78, 5) is 15.2. The third-order valence-electron chi connectivity index (χ3n) is 4.25. The van der Waals surface area contributed by atoms with Crippen molar-refractivity contribution in [3.05, 3.63) is 0 Å². The van der Waals surface area contributed by atoms with Gasteiger partial charge in [0, 0.05) is 53.0 Å². The Morgan fingerprint density at radius 2 is 1.81 bits per heavy atom. The van der Waals surface area contributed by atoms with Crippen LogP contribution >= 0.6 is 24.0 Å². The van der Waals surface area contributed by atoms with E-state index in [9.17, 15) is 4.79 Å². The van der Waals surface area contributed by atoms with Crippen molar-refractivity contribution in [3.63, 3.8) is 0 Å². The monoisotopic (exact) mass is 485 g/mol. The van der Waals surface area contributed by atoms with Crippen LogP contribution in [0.1, 0.15) is 44.9 Å². The van der Waals surface area contributed by atoms with Crippen LogP contribution in [0.15, 0.2) is 4.99 Å². The predicted octanol–water partition coefficient (Wildman–Crippen LogP) is 2.34. The number of carbonyl (C=O) groups excluding carboxylic acids is 1. The highest BCUT2D eigenvalue weighted by molar-refractivity contribution is 14.0. The number of hydrogen-bond acceptors (Lipinski definition) is 5. The first-order chi connectivity index (χ1) is 12.3. The molecule has 154 valence electrons. The molecule has 0 aromatic rings. The molecule has 1 aliphatic heterocycles. The quantitative estimate of drug-likeness (QED) is 0.145. The third-order valence-corrected chi connectivity index (χ3v) is 4.25. The van der Waals surface area contributed by atoms with Gasteiger partial charge in [0.25, 0.3) is 0 Å². The second kappa shape index (κ2) is 17.8. The van der Waals surface area contributed by atoms with Crippen LogP contribution in [0.2, 0.25) is 0 Å². The molecule has 0 radical (unpaired) electrons. The summed E-state index contributed by atoms with van der Waals surface area (Å²) in [7, 11) is 3.20. The highest BCUT2D eigenvalue weighted by Crippen LogP contribution is 2.14. The molecule has 0 aliphatic carbocycles. The summed E-state index contributed by atoms with van der Waals surface area (Å²) in [6, 6.07) is 0. The van der Waals surface area contributed by atoms with Crippen LogP contribution in [-0.4, -0.2) is 65.6 Å². The zero-order valence-corrected chi connectivity index (χ0v) is 18.6. The standard InChI is InChI=1S/C18H35N3O4.HI/c1-19-18(20-10-5-3-4-7-17(22)23-2)21-11-6-12-25-15-16-8-13-24-14-9-16;/h16H,3-15H2,1-2H3,(H2,19,20,21);1H. The summed E-state index contributed by atoms with van der Waals surface area (Å²) in [6.45, 7) is 5.06. The van der Waals surface area contributed by atoms with Crippen molar-refractivity contribution in [3.8, 4) is 0 Å². The average molecular weight is 485 g/mol. The minimum atomic E-state index is -0.135. The van der Waals surface area contributed by atoms with E-state index < -0.39 is 0 Å². The second-order valence-corrected chi connectivity index (χ2v) is 6.30. The van der Waals surface area contributed by atoms with Gasteiger partial charge in [-0.1, -0.05) is 6.42 Å². The molecule has 7 nitrogen and oxygen atoms in total. The number of esters is 1. The van der Waals surface area contributed by atoms with E-state index in [0.29, 0.717) is 12.3 Å². The Kier molecular flexibility index (Phi) is 17.4. The lowest BCUT2D eigenvalue weighted by molar-refractivity contribution is -0.140. The van der Waals surface area contributed by atoms with E-state index in [1.165, 1.54) is 7.11 Å². The van der Waals surface area contributed by atoms with E-state index in [1.54, 1.807) is 7.05 Å². The van der Waals surface area contributed by atoms with Crippen LogP contribution in [0.4, 0.5) is 0 Å². The smallest absolute Gasteiger partial charge is 0.305 e. The van der Waals surface area contributed by atoms with E-state index >= 15 is 0 Å². The highest BCUT2D eigenvalue weighted by Gasteiger charge is 2.13. The highest BCUT2D eigenvalue weighted by atomic mass is 127. The lowest BCUT2D eigenvalue weighted by Crippen LogP contribution is -2.38. The first-order valence-electron chi connectivity index (χ1n) is 9.43. The fourth-order valence-electron chi connectivity index (χ4n) is 2.64. The number of rotatable bonds is 12. The zero-order valence-electron chi connectivity index (χ0n) is 16.3. The van der Waals surface area contributed by atoms with Gasteiger partial charge in [0.05, 0.1) is 7.11 Å². The number of halogens is 1. The van der Waals surface area contributed by atoms with Gasteiger partial charge in [0.1, 0.15) is 0 Å². The molecular formula is C18H36IN3O4. The van der Waals surface area contributed by atoms with Gasteiger partial charge < -0.3 is 24.8 Å². The van der Waals surface area contributed by atoms with Crippen LogP contribution in [0, 0.1) is 5.92 Å². The summed E-state index contributed by atoms with van der Waals surface area (Å²) in [6.07, 6.45) is 6.57. The molecule has 0 aromatic heterocycles. The number of nitrogens with one attached hydrogen (secondary N) is 2. The topological polar surface area (TPSA) is 81.2 Å². The number of unbranched alkanes of at least 4 members (excludes halogenated alkanes) is 2. The van der Waals surface area contributed by atoms with Crippen molar-refractivity contribution in [2.45, 2.75) is 44.9 Å². The molecule has 8 heteroatoms. The molecule has 0 bridgehead atoms. The molecule has 1 aliphatic rings. The SMILES string of the molecule is CN=C(NCCCCCC(=O)OC)NCCCOCC1CCOCC1.I. The van der Waals surface area contributed by atoms with Crippen molar-refractivity contribution < 1.29 is 19.0 Å². The lowest BCUT2D eigenvalue weighted by Gasteiger charge is -2.21. The van der Waals surface area contributed by atoms with Crippen LogP contribution < -0.4 is 10.6 Å². The number of guanidine groups is 1. The van der Waals surface area contributed by atoms with Gasteiger partial charge in [-0.2, -0.15) is 0 Å². The van der Waals surface area contributed by atoms with Crippen molar-refractivity contribution in [2.24, 2.45) is 10.9 Å². The molecule has 0 saturated carbocycles. The minimum absolute atomic E-state index is 0. The lowest BCUT2D eigenvalue weighted by atomic mass is 10.0. The van der Waals surface area contributed by atoms with Gasteiger partial charge in [-0.15, -0.1) is 24.0 Å². The molecule has 0 aromatic carbocycles. The maximum Gasteiger partial charge on any atom is 0.305 e. The number of ether oxygens (including phenoxy) is 3. The third kappa shape index (κ3) is 13.6. The number of hydrogen-bond donors (Lipinski definition) is 2. The summed E-state index contributed by atoms with van der Waals surface area (Å²) >= 11 is 0. The molecule has 1 fully saturated rings. The van der Waals surface area contributed by atoms with Gasteiger partial charge >= 0.3 is 5.97 Å². The predicted molar refractivity (Wildman–Crippen MR) is 114 cm³/mol. The Hall–Kier alpha value is -0.610. The molecule has 0 spiro atoms. The summed E-state index contributed by atoms with van der Waals surface area (Å²) in [5.74, 6) is 1.34. The Morgan fingerprint density at radius 3 is 2.46 bits per heavy atom. The Labute approximate surface area is 175 Å². The molecule has 0 amide bonds. The summed E-state index contributed by atoms with van der Waals surface area (Å²) in [5, 5.41) is 6.57. The van der Waals surface area contributed by atoms with E-state index in [0.717, 1.165) is 84.0 Å². The van der Waals surface area contributed by atoms with Crippen LogP contribution in [0.3, 0.4) is 0 Å². The van der Waals surface area contributed by atoms with Crippen molar-refractivity contribution >= 4 is 35.9 Å². The van der Waals surface area contributed by atoms with E-state index in [-0.39, 0.29) is 29.9 Å². The van der Waals surface area contributed by atoms with Crippen molar-refractivity contribution in [1.29, 1.82) is 0 Å². The van der Waals surface area contributed by atoms with Gasteiger partial charge in [-0.05, 0) is 38.0 Å². The van der Waals surface area contributed by atoms with Gasteiger partial charge in [-0.25, -0.2) is 0 Å². The molecule has 0 unspecified atom stereocenters. The molecule has 2 N–H and O–H groups in total. The molecule has 26 heavy (non-hydrogen) atoms. The molecule has 1 rings (SSSR count). The molecule has 0 atom stereocenters. The Bertz CT molecular complexity index is 377. The summed E-state index contributed by atoms with van der Waals surface area (Å²) in [5.41, 5.74) is 0. The van der Waals surface area contributed by atoms with E-state index in [4.69, 9.17) is 9.47 Å². The van der Waals surface area contributed by atoms with Gasteiger partial charge in [-0.3, -0.25) is 9.79 Å². The maximum absolute atomic E-state index is 11.0. The minimum Gasteiger partial charge on any atom is -0.469 e. The molecule has 1 saturated heterocycles. The summed E-state index contributed by atoms with van der Waals surface area (Å²) < 4.78 is 15.7. The fraction of sp³-hybridized carbons (Fsp3) is 0.889. The maximum atomic E-state index is 11.0. The second-order valence-electron chi connectivity index (χ2n) is 6.30. The van der Waals surface area contributed by atoms with Crippen molar-refractivity contribution in [1.82, 2.24) is 10.6 Å². The van der Waals surface area contributed by atoms with Crippen LogP contribution in [0.5, 0.6) is 0 Å². The Morgan fingerprint density at radius 1 is 1.12 bits per heavy atom. The zero-order chi connectivity index (χ0) is 18.2. The average Bonchev–Trinajstić information content (AvgIpc) is 2.66. The van der Waals surface area contributed by atoms with E-state index in [1.807, 2.05) is 0 Å². The molecule has 1 heterocycles. The number of methoxy groups -OCH3 is 1. The fourth-order valence-corrected chi connectivity index (χ4v) is 2.64. The molecular weight excluding hydrogens is 449 g/mol. The van der Waals surface area contributed by atoms with Crippen molar-refractivity contribution in [2.75, 3.05) is 53.7 Å². The van der Waals surface area contributed by atoms with Gasteiger partial charge in [0.2, 0.25) is 0 Å². The van der Waals surface area contributed by atoms with Crippen LogP contribution in [-0.2, 0) is 19.0 Å². The number of carbonyl (C=O) groups is 1. The Balaban J connectivity index is 0.00000625. The number of nitrogens with zero attached hydrogens (tertiary/aromatic N) is 1. The van der Waals surface area contributed by atoms with Crippen LogP contribution in [0.25, 0.3) is 0 Å². The largest absolute Gasteiger partial charge is 0.469 e.